The van der Waals surface area contributed by atoms with Crippen LogP contribution in [0.1, 0.15) is 5.56 Å². The molecule has 0 bridgehead atoms. The maximum absolute atomic E-state index is 11.9. The van der Waals surface area contributed by atoms with Crippen LogP contribution in [0.2, 0.25) is 0 Å². The molecule has 0 saturated carbocycles. The lowest BCUT2D eigenvalue weighted by Crippen LogP contribution is -2.28. The van der Waals surface area contributed by atoms with Crippen molar-refractivity contribution in [2.24, 2.45) is 0 Å². The molecule has 0 aliphatic carbocycles. The molecule has 0 heterocycles. The SMILES string of the molecule is COc1ccc(NC(=O)NCc2ccccc2)c(OC)c1. The summed E-state index contributed by atoms with van der Waals surface area (Å²) in [6.45, 7) is 0.463. The summed E-state index contributed by atoms with van der Waals surface area (Å²) in [6, 6.07) is 14.6. The number of ether oxygens (including phenoxy) is 2. The minimum atomic E-state index is -0.290. The highest BCUT2D eigenvalue weighted by molar-refractivity contribution is 5.91. The van der Waals surface area contributed by atoms with Gasteiger partial charge in [0.1, 0.15) is 11.5 Å². The zero-order valence-electron chi connectivity index (χ0n) is 12.1. The predicted molar refractivity (Wildman–Crippen MR) is 81.8 cm³/mol. The van der Waals surface area contributed by atoms with Crippen LogP contribution in [0.4, 0.5) is 10.5 Å². The van der Waals surface area contributed by atoms with Crippen LogP contribution in [0, 0.1) is 0 Å². The fourth-order valence-electron chi connectivity index (χ4n) is 1.85. The lowest BCUT2D eigenvalue weighted by Gasteiger charge is -2.12. The molecule has 5 nitrogen and oxygen atoms in total. The molecule has 0 saturated heterocycles. The minimum Gasteiger partial charge on any atom is -0.497 e. The van der Waals surface area contributed by atoms with Gasteiger partial charge in [0, 0.05) is 12.6 Å². The lowest BCUT2D eigenvalue weighted by atomic mass is 10.2. The Morgan fingerprint density at radius 1 is 1.05 bits per heavy atom. The normalized spacial score (nSPS) is 9.81. The highest BCUT2D eigenvalue weighted by Gasteiger charge is 2.08. The summed E-state index contributed by atoms with van der Waals surface area (Å²) in [5, 5.41) is 5.54. The van der Waals surface area contributed by atoms with E-state index in [1.807, 2.05) is 30.3 Å². The smallest absolute Gasteiger partial charge is 0.319 e. The third kappa shape index (κ3) is 4.14. The van der Waals surface area contributed by atoms with E-state index in [2.05, 4.69) is 10.6 Å². The van der Waals surface area contributed by atoms with Crippen LogP contribution in [0.15, 0.2) is 48.5 Å². The van der Waals surface area contributed by atoms with Gasteiger partial charge in [-0.05, 0) is 17.7 Å². The second-order valence-electron chi connectivity index (χ2n) is 4.36. The van der Waals surface area contributed by atoms with Gasteiger partial charge in [-0.15, -0.1) is 0 Å². The Kier molecular flexibility index (Phi) is 5.04. The number of benzene rings is 2. The summed E-state index contributed by atoms with van der Waals surface area (Å²) in [4.78, 5) is 11.9. The van der Waals surface area contributed by atoms with Crippen LogP contribution >= 0.6 is 0 Å². The molecule has 21 heavy (non-hydrogen) atoms. The third-order valence-corrected chi connectivity index (χ3v) is 2.95. The Bertz CT molecular complexity index is 600. The summed E-state index contributed by atoms with van der Waals surface area (Å²) in [5.74, 6) is 1.21. The van der Waals surface area contributed by atoms with E-state index in [-0.39, 0.29) is 6.03 Å². The number of rotatable bonds is 5. The Labute approximate surface area is 123 Å². The topological polar surface area (TPSA) is 59.6 Å². The molecule has 0 unspecified atom stereocenters. The number of nitrogens with one attached hydrogen (secondary N) is 2. The molecule has 2 N–H and O–H groups in total. The van der Waals surface area contributed by atoms with Gasteiger partial charge >= 0.3 is 6.03 Å². The molecule has 0 atom stereocenters. The number of carbonyl (C=O) groups is 1. The van der Waals surface area contributed by atoms with Crippen LogP contribution in [0.25, 0.3) is 0 Å². The van der Waals surface area contributed by atoms with E-state index in [1.54, 1.807) is 32.4 Å². The van der Waals surface area contributed by atoms with Gasteiger partial charge < -0.3 is 20.1 Å². The van der Waals surface area contributed by atoms with Gasteiger partial charge in [0.15, 0.2) is 0 Å². The Morgan fingerprint density at radius 2 is 1.81 bits per heavy atom. The van der Waals surface area contributed by atoms with Gasteiger partial charge in [0.25, 0.3) is 0 Å². The fraction of sp³-hybridized carbons (Fsp3) is 0.188. The Hall–Kier alpha value is -2.69. The van der Waals surface area contributed by atoms with E-state index in [9.17, 15) is 4.79 Å². The number of hydrogen-bond donors (Lipinski definition) is 2. The van der Waals surface area contributed by atoms with Crippen LogP contribution in [-0.2, 0) is 6.54 Å². The van der Waals surface area contributed by atoms with Gasteiger partial charge in [0.2, 0.25) is 0 Å². The molecule has 2 rings (SSSR count). The number of carbonyl (C=O) groups excluding carboxylic acids is 1. The largest absolute Gasteiger partial charge is 0.497 e. The monoisotopic (exact) mass is 286 g/mol. The second kappa shape index (κ2) is 7.19. The van der Waals surface area contributed by atoms with Gasteiger partial charge in [0.05, 0.1) is 19.9 Å². The summed E-state index contributed by atoms with van der Waals surface area (Å²) >= 11 is 0. The Morgan fingerprint density at radius 3 is 2.48 bits per heavy atom. The number of methoxy groups -OCH3 is 2. The van der Waals surface area contributed by atoms with Gasteiger partial charge in [-0.25, -0.2) is 4.79 Å². The van der Waals surface area contributed by atoms with Crippen molar-refractivity contribution in [2.75, 3.05) is 19.5 Å². The molecule has 0 spiro atoms. The molecule has 2 aromatic carbocycles. The number of hydrogen-bond acceptors (Lipinski definition) is 3. The zero-order valence-corrected chi connectivity index (χ0v) is 12.1. The standard InChI is InChI=1S/C16H18N2O3/c1-20-13-8-9-14(15(10-13)21-2)18-16(19)17-11-12-6-4-3-5-7-12/h3-10H,11H2,1-2H3,(H2,17,18,19). The summed E-state index contributed by atoms with van der Waals surface area (Å²) in [6.07, 6.45) is 0. The van der Waals surface area contributed by atoms with E-state index in [0.29, 0.717) is 23.7 Å². The molecule has 0 radical (unpaired) electrons. The van der Waals surface area contributed by atoms with Crippen LogP contribution < -0.4 is 20.1 Å². The van der Waals surface area contributed by atoms with Crippen molar-refractivity contribution in [1.82, 2.24) is 5.32 Å². The highest BCUT2D eigenvalue weighted by atomic mass is 16.5. The number of urea groups is 1. The predicted octanol–water partition coefficient (Wildman–Crippen LogP) is 3.03. The van der Waals surface area contributed by atoms with Gasteiger partial charge in [-0.1, -0.05) is 30.3 Å². The Balaban J connectivity index is 1.96. The quantitative estimate of drug-likeness (QED) is 0.888. The van der Waals surface area contributed by atoms with Crippen LogP contribution in [0.3, 0.4) is 0 Å². The molecule has 0 fully saturated rings. The molecule has 110 valence electrons. The molecule has 0 aromatic heterocycles. The van der Waals surface area contributed by atoms with Gasteiger partial charge in [-0.2, -0.15) is 0 Å². The fourth-order valence-corrected chi connectivity index (χ4v) is 1.85. The van der Waals surface area contributed by atoms with Crippen molar-refractivity contribution >= 4 is 11.7 Å². The van der Waals surface area contributed by atoms with E-state index < -0.39 is 0 Å². The molecule has 0 aliphatic rings. The maximum atomic E-state index is 11.9. The average molecular weight is 286 g/mol. The first-order valence-corrected chi connectivity index (χ1v) is 6.53. The summed E-state index contributed by atoms with van der Waals surface area (Å²) in [7, 11) is 3.12. The molecular weight excluding hydrogens is 268 g/mol. The van der Waals surface area contributed by atoms with E-state index in [1.165, 1.54) is 0 Å². The van der Waals surface area contributed by atoms with E-state index in [4.69, 9.17) is 9.47 Å². The van der Waals surface area contributed by atoms with Crippen molar-refractivity contribution in [3.63, 3.8) is 0 Å². The van der Waals surface area contributed by atoms with Crippen molar-refractivity contribution in [3.8, 4) is 11.5 Å². The minimum absolute atomic E-state index is 0.290. The lowest BCUT2D eigenvalue weighted by molar-refractivity contribution is 0.251. The van der Waals surface area contributed by atoms with Crippen molar-refractivity contribution in [2.45, 2.75) is 6.54 Å². The molecule has 0 aliphatic heterocycles. The number of anilines is 1. The first-order valence-electron chi connectivity index (χ1n) is 6.53. The first kappa shape index (κ1) is 14.7. The third-order valence-electron chi connectivity index (χ3n) is 2.95. The highest BCUT2D eigenvalue weighted by Crippen LogP contribution is 2.28. The first-order chi connectivity index (χ1) is 10.2. The van der Waals surface area contributed by atoms with E-state index in [0.717, 1.165) is 5.56 Å². The average Bonchev–Trinajstić information content (AvgIpc) is 2.54. The molecule has 2 aromatic rings. The van der Waals surface area contributed by atoms with E-state index >= 15 is 0 Å². The summed E-state index contributed by atoms with van der Waals surface area (Å²) in [5.41, 5.74) is 1.62. The van der Waals surface area contributed by atoms with Crippen LogP contribution in [-0.4, -0.2) is 20.3 Å². The van der Waals surface area contributed by atoms with Crippen molar-refractivity contribution < 1.29 is 14.3 Å². The maximum Gasteiger partial charge on any atom is 0.319 e. The van der Waals surface area contributed by atoms with Gasteiger partial charge in [-0.3, -0.25) is 0 Å². The number of amides is 2. The van der Waals surface area contributed by atoms with Crippen LogP contribution in [0.5, 0.6) is 11.5 Å². The summed E-state index contributed by atoms with van der Waals surface area (Å²) < 4.78 is 10.3. The second-order valence-corrected chi connectivity index (χ2v) is 4.36. The molecular formula is C16H18N2O3. The van der Waals surface area contributed by atoms with Crippen molar-refractivity contribution in [3.05, 3.63) is 54.1 Å². The van der Waals surface area contributed by atoms with Crippen molar-refractivity contribution in [1.29, 1.82) is 0 Å². The molecule has 2 amide bonds. The molecule has 5 heteroatoms. The zero-order chi connectivity index (χ0) is 15.1.